The normalized spacial score (nSPS) is 15.7. The number of rotatable bonds is 7. The van der Waals surface area contributed by atoms with Crippen molar-refractivity contribution in [3.63, 3.8) is 0 Å². The summed E-state index contributed by atoms with van der Waals surface area (Å²) in [5.41, 5.74) is 2.33. The molecule has 0 amide bonds. The summed E-state index contributed by atoms with van der Waals surface area (Å²) < 4.78 is 15.7. The molecule has 11 heteroatoms. The fourth-order valence-corrected chi connectivity index (χ4v) is 5.39. The van der Waals surface area contributed by atoms with Gasteiger partial charge in [-0.05, 0) is 39.3 Å². The van der Waals surface area contributed by atoms with Crippen molar-refractivity contribution in [2.45, 2.75) is 39.7 Å². The van der Waals surface area contributed by atoms with Crippen LogP contribution in [0.25, 0.3) is 0 Å². The van der Waals surface area contributed by atoms with E-state index in [4.69, 9.17) is 21.1 Å². The molecule has 10 nitrogen and oxygen atoms in total. The van der Waals surface area contributed by atoms with Crippen molar-refractivity contribution in [2.75, 3.05) is 25.6 Å². The predicted octanol–water partition coefficient (Wildman–Crippen LogP) is 3.12. The number of halogens is 1. The number of benzene rings is 1. The lowest BCUT2D eigenvalue weighted by molar-refractivity contribution is -0.136. The number of ether oxygens (including phenoxy) is 2. The van der Waals surface area contributed by atoms with Crippen LogP contribution in [0, 0.1) is 20.8 Å². The van der Waals surface area contributed by atoms with Crippen LogP contribution in [0.3, 0.4) is 0 Å². The van der Waals surface area contributed by atoms with Gasteiger partial charge in [-0.25, -0.2) is 14.6 Å². The molecule has 0 aliphatic carbocycles. The van der Waals surface area contributed by atoms with Gasteiger partial charge in [-0.2, -0.15) is 0 Å². The molecule has 0 saturated heterocycles. The zero-order chi connectivity index (χ0) is 27.9. The third-order valence-corrected chi connectivity index (χ3v) is 7.45. The molecule has 1 aromatic carbocycles. The zero-order valence-electron chi connectivity index (χ0n) is 22.6. The molecule has 38 heavy (non-hydrogen) atoms. The second-order valence-electron chi connectivity index (χ2n) is 9.50. The Hall–Kier alpha value is -3.63. The molecule has 1 N–H and O–H groups in total. The molecule has 0 fully saturated rings. The van der Waals surface area contributed by atoms with Crippen LogP contribution in [-0.4, -0.2) is 45.0 Å². The summed E-state index contributed by atoms with van der Waals surface area (Å²) in [5, 5.41) is 3.51. The van der Waals surface area contributed by atoms with E-state index in [0.717, 1.165) is 21.8 Å². The predicted molar refractivity (Wildman–Crippen MR) is 145 cm³/mol. The van der Waals surface area contributed by atoms with Gasteiger partial charge in [0.05, 0.1) is 54.8 Å². The molecular weight excluding hydrogens is 510 g/mol. The monoisotopic (exact) mass is 541 g/mol. The Bertz CT molecular complexity index is 1560. The Labute approximate surface area is 225 Å². The quantitative estimate of drug-likeness (QED) is 0.458. The molecule has 202 valence electrons. The topological polar surface area (TPSA) is 109 Å². The van der Waals surface area contributed by atoms with Gasteiger partial charge in [0, 0.05) is 24.8 Å². The summed E-state index contributed by atoms with van der Waals surface area (Å²) in [5.74, 6) is -0.346. The lowest BCUT2D eigenvalue weighted by atomic mass is 9.82. The minimum atomic E-state index is -0.880. The number of nitrogens with zero attached hydrogens (tertiary/aromatic N) is 4. The van der Waals surface area contributed by atoms with Crippen LogP contribution in [0.1, 0.15) is 47.2 Å². The second-order valence-corrected chi connectivity index (χ2v) is 9.90. The number of carbonyl (C=O) groups excluding carboxylic acids is 1. The van der Waals surface area contributed by atoms with Crippen LogP contribution in [0.4, 0.5) is 5.82 Å². The summed E-state index contributed by atoms with van der Waals surface area (Å²) >= 11 is 6.58. The zero-order valence-corrected chi connectivity index (χ0v) is 23.3. The Morgan fingerprint density at radius 2 is 1.84 bits per heavy atom. The Balaban J connectivity index is 1.82. The standard InChI is InChI=1S/C27H32ClN5O5/c1-14(33-16(3)15(2)29-17(33)4)12-38-13-20-22(26(35)37-7)21(18-10-8-9-11-19(18)28)23-24(30-20)31(5)27(36)32(6)25(23)34/h8-11,14,21,30H,12-13H2,1-7H3. The van der Waals surface area contributed by atoms with Gasteiger partial charge in [0.15, 0.2) is 0 Å². The maximum Gasteiger partial charge on any atom is 0.336 e. The summed E-state index contributed by atoms with van der Waals surface area (Å²) in [6, 6.07) is 6.96. The Morgan fingerprint density at radius 3 is 2.45 bits per heavy atom. The summed E-state index contributed by atoms with van der Waals surface area (Å²) in [7, 11) is 4.24. The number of imidazole rings is 1. The first-order valence-electron chi connectivity index (χ1n) is 12.2. The average Bonchev–Trinajstić information content (AvgIpc) is 3.15. The van der Waals surface area contributed by atoms with Crippen LogP contribution in [0.5, 0.6) is 0 Å². The minimum Gasteiger partial charge on any atom is -0.466 e. The van der Waals surface area contributed by atoms with E-state index in [1.807, 2.05) is 27.7 Å². The summed E-state index contributed by atoms with van der Waals surface area (Å²) in [6.07, 6.45) is 0. The third kappa shape index (κ3) is 4.58. The van der Waals surface area contributed by atoms with Gasteiger partial charge in [0.2, 0.25) is 0 Å². The van der Waals surface area contributed by atoms with E-state index in [1.54, 1.807) is 31.3 Å². The molecule has 2 atom stereocenters. The molecule has 0 saturated carbocycles. The van der Waals surface area contributed by atoms with Crippen LogP contribution in [0.15, 0.2) is 45.1 Å². The highest BCUT2D eigenvalue weighted by Crippen LogP contribution is 2.42. The van der Waals surface area contributed by atoms with E-state index in [9.17, 15) is 14.4 Å². The lowest BCUT2D eigenvalue weighted by Crippen LogP contribution is -2.44. The molecule has 2 aromatic heterocycles. The van der Waals surface area contributed by atoms with Gasteiger partial charge in [0.25, 0.3) is 5.56 Å². The van der Waals surface area contributed by atoms with Crippen LogP contribution in [-0.2, 0) is 28.4 Å². The summed E-state index contributed by atoms with van der Waals surface area (Å²) in [6.45, 7) is 8.29. The molecule has 1 aliphatic heterocycles. The second kappa shape index (κ2) is 10.6. The number of aryl methyl sites for hydroxylation is 2. The molecule has 2 unspecified atom stereocenters. The van der Waals surface area contributed by atoms with Gasteiger partial charge < -0.3 is 19.4 Å². The van der Waals surface area contributed by atoms with Gasteiger partial charge >= 0.3 is 11.7 Å². The highest BCUT2D eigenvalue weighted by atomic mass is 35.5. The lowest BCUT2D eigenvalue weighted by Gasteiger charge is -2.32. The van der Waals surface area contributed by atoms with E-state index in [-0.39, 0.29) is 29.6 Å². The van der Waals surface area contributed by atoms with Crippen molar-refractivity contribution in [1.29, 1.82) is 0 Å². The van der Waals surface area contributed by atoms with Crippen molar-refractivity contribution >= 4 is 23.4 Å². The molecule has 3 heterocycles. The average molecular weight is 542 g/mol. The largest absolute Gasteiger partial charge is 0.466 e. The highest BCUT2D eigenvalue weighted by Gasteiger charge is 2.39. The third-order valence-electron chi connectivity index (χ3n) is 7.10. The fourth-order valence-electron chi connectivity index (χ4n) is 5.15. The van der Waals surface area contributed by atoms with E-state index >= 15 is 0 Å². The Morgan fingerprint density at radius 1 is 1.16 bits per heavy atom. The number of carbonyl (C=O) groups is 1. The van der Waals surface area contributed by atoms with Crippen molar-refractivity contribution in [1.82, 2.24) is 18.7 Å². The van der Waals surface area contributed by atoms with E-state index in [2.05, 4.69) is 14.9 Å². The van der Waals surface area contributed by atoms with Gasteiger partial charge in [-0.3, -0.25) is 13.9 Å². The molecular formula is C27H32ClN5O5. The van der Waals surface area contributed by atoms with Crippen molar-refractivity contribution in [3.8, 4) is 0 Å². The maximum absolute atomic E-state index is 13.4. The van der Waals surface area contributed by atoms with Crippen LogP contribution in [0.2, 0.25) is 5.02 Å². The van der Waals surface area contributed by atoms with Crippen molar-refractivity contribution in [2.24, 2.45) is 14.1 Å². The van der Waals surface area contributed by atoms with Crippen molar-refractivity contribution < 1.29 is 14.3 Å². The first-order valence-corrected chi connectivity index (χ1v) is 12.6. The van der Waals surface area contributed by atoms with E-state index in [0.29, 0.717) is 22.9 Å². The number of esters is 1. The highest BCUT2D eigenvalue weighted by molar-refractivity contribution is 6.31. The van der Waals surface area contributed by atoms with Gasteiger partial charge in [-0.1, -0.05) is 29.8 Å². The molecule has 3 aromatic rings. The SMILES string of the molecule is COC(=O)C1=C(COCC(C)n2c(C)nc(C)c2C)Nc2c(c(=O)n(C)c(=O)n2C)C1c1ccccc1Cl. The van der Waals surface area contributed by atoms with E-state index in [1.165, 1.54) is 18.7 Å². The van der Waals surface area contributed by atoms with Crippen molar-refractivity contribution in [3.05, 3.63) is 89.7 Å². The minimum absolute atomic E-state index is 0.00431. The number of nitrogens with one attached hydrogen (secondary N) is 1. The molecule has 0 radical (unpaired) electrons. The first kappa shape index (κ1) is 27.4. The summed E-state index contributed by atoms with van der Waals surface area (Å²) in [4.78, 5) is 44.0. The number of hydrogen-bond donors (Lipinski definition) is 1. The number of hydrogen-bond acceptors (Lipinski definition) is 7. The van der Waals surface area contributed by atoms with Gasteiger partial charge in [-0.15, -0.1) is 0 Å². The fraction of sp³-hybridized carbons (Fsp3) is 0.407. The molecule has 0 bridgehead atoms. The number of fused-ring (bicyclic) bond motifs is 1. The molecule has 4 rings (SSSR count). The Kier molecular flexibility index (Phi) is 7.66. The number of methoxy groups -OCH3 is 1. The molecule has 1 aliphatic rings. The van der Waals surface area contributed by atoms with E-state index < -0.39 is 23.1 Å². The number of anilines is 1. The van der Waals surface area contributed by atoms with Crippen LogP contribution < -0.4 is 16.6 Å². The number of aromatic nitrogens is 4. The smallest absolute Gasteiger partial charge is 0.336 e. The maximum atomic E-state index is 13.4. The molecule has 0 spiro atoms. The van der Waals surface area contributed by atoms with Gasteiger partial charge in [0.1, 0.15) is 11.6 Å². The van der Waals surface area contributed by atoms with Crippen LogP contribution >= 0.6 is 11.6 Å². The first-order chi connectivity index (χ1) is 18.0.